The molecule has 0 saturated heterocycles. The van der Waals surface area contributed by atoms with Crippen LogP contribution in [0.25, 0.3) is 0 Å². The molecule has 0 bridgehead atoms. The van der Waals surface area contributed by atoms with Crippen LogP contribution in [0.3, 0.4) is 0 Å². The first-order valence-corrected chi connectivity index (χ1v) is 25.1. The van der Waals surface area contributed by atoms with Gasteiger partial charge in [0, 0.05) is 33.4 Å². The first-order chi connectivity index (χ1) is 32.4. The van der Waals surface area contributed by atoms with E-state index < -0.39 is 0 Å². The van der Waals surface area contributed by atoms with Crippen LogP contribution in [0, 0.1) is 35.5 Å². The lowest BCUT2D eigenvalue weighted by atomic mass is 10.1. The zero-order valence-electron chi connectivity index (χ0n) is 40.5. The monoisotopic (exact) mass is 891 g/mol. The molecule has 6 heteroatoms. The average molecular weight is 891 g/mol. The summed E-state index contributed by atoms with van der Waals surface area (Å²) in [5.41, 5.74) is 5.64. The second-order valence-electron chi connectivity index (χ2n) is 16.9. The molecule has 0 aromatic heterocycles. The van der Waals surface area contributed by atoms with Gasteiger partial charge in [-0.25, -0.2) is 9.59 Å². The Morgan fingerprint density at radius 3 is 0.909 bits per heavy atom. The Kier molecular flexibility index (Phi) is 26.1. The third-order valence-corrected chi connectivity index (χ3v) is 11.2. The highest BCUT2D eigenvalue weighted by Crippen LogP contribution is 2.21. The molecule has 0 aliphatic heterocycles. The Bertz CT molecular complexity index is 2060. The lowest BCUT2D eigenvalue weighted by Crippen LogP contribution is -2.06. The van der Waals surface area contributed by atoms with Crippen molar-refractivity contribution in [3.63, 3.8) is 0 Å². The van der Waals surface area contributed by atoms with E-state index in [2.05, 4.69) is 49.4 Å². The fourth-order valence-corrected chi connectivity index (χ4v) is 7.44. The van der Waals surface area contributed by atoms with Gasteiger partial charge in [0.25, 0.3) is 0 Å². The summed E-state index contributed by atoms with van der Waals surface area (Å²) in [6.07, 6.45) is 25.2. The van der Waals surface area contributed by atoms with Crippen molar-refractivity contribution in [3.05, 3.63) is 129 Å². The summed E-state index contributed by atoms with van der Waals surface area (Å²) < 4.78 is 22.8. The molecular formula is C60H74O6. The number of hydrogen-bond acceptors (Lipinski definition) is 6. The van der Waals surface area contributed by atoms with E-state index in [4.69, 9.17) is 18.9 Å². The van der Waals surface area contributed by atoms with Gasteiger partial charge in [0.15, 0.2) is 0 Å². The van der Waals surface area contributed by atoms with Gasteiger partial charge >= 0.3 is 11.9 Å². The van der Waals surface area contributed by atoms with Crippen LogP contribution in [0.15, 0.2) is 84.9 Å². The minimum atomic E-state index is -0.387. The van der Waals surface area contributed by atoms with Crippen molar-refractivity contribution in [2.24, 2.45) is 0 Å². The van der Waals surface area contributed by atoms with E-state index >= 15 is 0 Å². The van der Waals surface area contributed by atoms with Crippen LogP contribution < -0.4 is 9.47 Å². The molecule has 6 nitrogen and oxygen atoms in total. The molecule has 0 amide bonds. The molecule has 0 heterocycles. The SMILES string of the molecule is CCCCCCCCCCCCOc1cc(C#Cc2ccc(C#Cc3ccc(C#Cc4cc(OCCCCCCCCCCCC)cc(C(=O)OCC)c4)cc3)cc2)cc(C(=O)OCC)c1. The lowest BCUT2D eigenvalue weighted by Gasteiger charge is -2.09. The summed E-state index contributed by atoms with van der Waals surface area (Å²) in [6, 6.07) is 26.3. The van der Waals surface area contributed by atoms with Gasteiger partial charge in [0.05, 0.1) is 37.6 Å². The summed E-state index contributed by atoms with van der Waals surface area (Å²) >= 11 is 0. The molecule has 4 aromatic rings. The average Bonchev–Trinajstić information content (AvgIpc) is 3.33. The van der Waals surface area contributed by atoms with Gasteiger partial charge in [-0.05, 0) is 112 Å². The van der Waals surface area contributed by atoms with Gasteiger partial charge < -0.3 is 18.9 Å². The lowest BCUT2D eigenvalue weighted by molar-refractivity contribution is 0.0516. The Balaban J connectivity index is 1.30. The zero-order valence-corrected chi connectivity index (χ0v) is 40.5. The van der Waals surface area contributed by atoms with Gasteiger partial charge in [0.2, 0.25) is 0 Å². The van der Waals surface area contributed by atoms with Gasteiger partial charge in [-0.2, -0.15) is 0 Å². The number of benzene rings is 4. The fraction of sp³-hybridized carbons (Fsp3) is 0.467. The van der Waals surface area contributed by atoms with Crippen LogP contribution in [0.4, 0.5) is 0 Å². The third-order valence-electron chi connectivity index (χ3n) is 11.2. The van der Waals surface area contributed by atoms with E-state index in [0.29, 0.717) is 60.2 Å². The Morgan fingerprint density at radius 2 is 0.621 bits per heavy atom. The Morgan fingerprint density at radius 1 is 0.348 bits per heavy atom. The molecule has 0 atom stereocenters. The van der Waals surface area contributed by atoms with Crippen LogP contribution in [0.2, 0.25) is 0 Å². The molecule has 0 aliphatic rings. The van der Waals surface area contributed by atoms with Crippen molar-refractivity contribution in [2.75, 3.05) is 26.4 Å². The van der Waals surface area contributed by atoms with Crippen molar-refractivity contribution in [1.29, 1.82) is 0 Å². The van der Waals surface area contributed by atoms with E-state index in [1.54, 1.807) is 38.1 Å². The molecule has 0 radical (unpaired) electrons. The summed E-state index contributed by atoms with van der Waals surface area (Å²) in [4.78, 5) is 25.3. The molecule has 0 unspecified atom stereocenters. The normalized spacial score (nSPS) is 10.4. The second kappa shape index (κ2) is 32.7. The maximum absolute atomic E-state index is 12.7. The van der Waals surface area contributed by atoms with E-state index in [1.807, 2.05) is 60.7 Å². The molecule has 4 aromatic carbocycles. The quantitative estimate of drug-likeness (QED) is 0.0321. The summed E-state index contributed by atoms with van der Waals surface area (Å²) in [5.74, 6) is 19.8. The van der Waals surface area contributed by atoms with Gasteiger partial charge in [-0.1, -0.05) is 165 Å². The largest absolute Gasteiger partial charge is 0.494 e. The fourth-order valence-electron chi connectivity index (χ4n) is 7.44. The number of esters is 2. The summed E-state index contributed by atoms with van der Waals surface area (Å²) in [5, 5.41) is 0. The molecule has 0 aliphatic carbocycles. The van der Waals surface area contributed by atoms with E-state index in [-0.39, 0.29) is 11.9 Å². The number of rotatable bonds is 28. The highest BCUT2D eigenvalue weighted by Gasteiger charge is 2.12. The molecule has 0 fully saturated rings. The molecule has 0 spiro atoms. The molecule has 0 N–H and O–H groups in total. The minimum absolute atomic E-state index is 0.297. The summed E-state index contributed by atoms with van der Waals surface area (Å²) in [6.45, 7) is 9.90. The number of ether oxygens (including phenoxy) is 4. The van der Waals surface area contributed by atoms with Gasteiger partial charge in [-0.3, -0.25) is 0 Å². The Labute approximate surface area is 398 Å². The maximum atomic E-state index is 12.7. The molecule has 350 valence electrons. The topological polar surface area (TPSA) is 71.1 Å². The second-order valence-corrected chi connectivity index (χ2v) is 16.9. The standard InChI is InChI=1S/C60H74O6/c1-5-9-11-13-15-17-19-21-23-25-41-65-57-45-53(43-55(47-57)59(61)63-7-3)39-37-51-33-29-49(30-34-51)27-28-50-31-35-52(36-32-50)38-40-54-44-56(60(62)64-8-4)48-58(46-54)66-42-26-24-22-20-18-16-14-12-10-6-2/h29-36,43-48H,5-26,41-42H2,1-4H3. The van der Waals surface area contributed by atoms with Crippen LogP contribution in [0.5, 0.6) is 11.5 Å². The number of carbonyl (C=O) groups is 2. The minimum Gasteiger partial charge on any atom is -0.494 e. The Hall–Kier alpha value is -5.90. The van der Waals surface area contributed by atoms with E-state index in [0.717, 1.165) is 47.9 Å². The molecule has 4 rings (SSSR count). The first-order valence-electron chi connectivity index (χ1n) is 25.1. The van der Waals surface area contributed by atoms with Crippen molar-refractivity contribution in [1.82, 2.24) is 0 Å². The van der Waals surface area contributed by atoms with Gasteiger partial charge in [-0.15, -0.1) is 0 Å². The van der Waals surface area contributed by atoms with Crippen LogP contribution in [0.1, 0.15) is 210 Å². The van der Waals surface area contributed by atoms with E-state index in [1.165, 1.54) is 103 Å². The first kappa shape index (κ1) is 52.7. The third kappa shape index (κ3) is 21.9. The predicted octanol–water partition coefficient (Wildman–Crippen LogP) is 14.8. The molecular weight excluding hydrogens is 817 g/mol. The van der Waals surface area contributed by atoms with E-state index in [9.17, 15) is 9.59 Å². The number of unbranched alkanes of at least 4 members (excludes halogenated alkanes) is 18. The van der Waals surface area contributed by atoms with Crippen LogP contribution in [-0.4, -0.2) is 38.4 Å². The van der Waals surface area contributed by atoms with Crippen molar-refractivity contribution >= 4 is 11.9 Å². The van der Waals surface area contributed by atoms with Crippen molar-refractivity contribution < 1.29 is 28.5 Å². The van der Waals surface area contributed by atoms with Crippen molar-refractivity contribution in [2.45, 2.75) is 156 Å². The zero-order chi connectivity index (χ0) is 46.9. The number of carbonyl (C=O) groups excluding carboxylic acids is 2. The van der Waals surface area contributed by atoms with Crippen LogP contribution >= 0.6 is 0 Å². The molecule has 0 saturated carbocycles. The summed E-state index contributed by atoms with van der Waals surface area (Å²) in [7, 11) is 0. The highest BCUT2D eigenvalue weighted by atomic mass is 16.5. The maximum Gasteiger partial charge on any atom is 0.338 e. The van der Waals surface area contributed by atoms with Gasteiger partial charge in [0.1, 0.15) is 11.5 Å². The van der Waals surface area contributed by atoms with Crippen molar-refractivity contribution in [3.8, 4) is 47.0 Å². The smallest absolute Gasteiger partial charge is 0.338 e. The highest BCUT2D eigenvalue weighted by molar-refractivity contribution is 5.91. The number of hydrogen-bond donors (Lipinski definition) is 0. The predicted molar refractivity (Wildman–Crippen MR) is 270 cm³/mol. The van der Waals surface area contributed by atoms with Crippen LogP contribution in [-0.2, 0) is 9.47 Å². The molecule has 66 heavy (non-hydrogen) atoms.